The fourth-order valence-electron chi connectivity index (χ4n) is 1.45. The van der Waals surface area contributed by atoms with Crippen LogP contribution in [0.2, 0.25) is 0 Å². The number of nitrogens with two attached hydrogens (primary N) is 1. The van der Waals surface area contributed by atoms with Crippen LogP contribution < -0.4 is 16.4 Å². The summed E-state index contributed by atoms with van der Waals surface area (Å²) in [5, 5.41) is 5.20. The van der Waals surface area contributed by atoms with Gasteiger partial charge in [-0.05, 0) is 24.7 Å². The minimum absolute atomic E-state index is 0. The molecular weight excluding hydrogens is 282 g/mol. The van der Waals surface area contributed by atoms with Gasteiger partial charge in [0.15, 0.2) is 0 Å². The van der Waals surface area contributed by atoms with E-state index in [9.17, 15) is 9.59 Å². The van der Waals surface area contributed by atoms with E-state index in [4.69, 9.17) is 10.5 Å². The molecule has 20 heavy (non-hydrogen) atoms. The van der Waals surface area contributed by atoms with Crippen molar-refractivity contribution in [3.8, 4) is 0 Å². The maximum Gasteiger partial charge on any atom is 0.239 e. The summed E-state index contributed by atoms with van der Waals surface area (Å²) in [5.74, 6) is 0.265. The molecule has 1 rings (SSSR count). The van der Waals surface area contributed by atoms with E-state index in [-0.39, 0.29) is 36.7 Å². The van der Waals surface area contributed by atoms with Crippen LogP contribution in [0, 0.1) is 11.8 Å². The molecule has 0 saturated heterocycles. The lowest BCUT2D eigenvalue weighted by Gasteiger charge is -2.15. The smallest absolute Gasteiger partial charge is 0.239 e. The molecule has 0 unspecified atom stereocenters. The number of amides is 2. The zero-order chi connectivity index (χ0) is 14.3. The van der Waals surface area contributed by atoms with Gasteiger partial charge in [0.1, 0.15) is 0 Å². The molecule has 4 N–H and O–H groups in total. The second-order valence-corrected chi connectivity index (χ2v) is 5.36. The average Bonchev–Trinajstić information content (AvgIpc) is 3.18. The molecule has 1 atom stereocenters. The van der Waals surface area contributed by atoms with Gasteiger partial charge in [0.2, 0.25) is 11.8 Å². The van der Waals surface area contributed by atoms with E-state index in [0.29, 0.717) is 13.2 Å². The van der Waals surface area contributed by atoms with Crippen molar-refractivity contribution < 1.29 is 14.3 Å². The molecule has 1 saturated carbocycles. The molecule has 118 valence electrons. The van der Waals surface area contributed by atoms with Crippen molar-refractivity contribution in [3.05, 3.63) is 0 Å². The first-order valence-electron chi connectivity index (χ1n) is 6.88. The van der Waals surface area contributed by atoms with Crippen molar-refractivity contribution in [3.63, 3.8) is 0 Å². The van der Waals surface area contributed by atoms with Crippen molar-refractivity contribution >= 4 is 24.2 Å². The van der Waals surface area contributed by atoms with Crippen LogP contribution in [0.3, 0.4) is 0 Å². The summed E-state index contributed by atoms with van der Waals surface area (Å²) in [6, 6.07) is -0.574. The maximum absolute atomic E-state index is 11.5. The van der Waals surface area contributed by atoms with Gasteiger partial charge in [-0.3, -0.25) is 9.59 Å². The Labute approximate surface area is 126 Å². The maximum atomic E-state index is 11.5. The molecule has 1 fully saturated rings. The van der Waals surface area contributed by atoms with E-state index in [1.54, 1.807) is 0 Å². The quantitative estimate of drug-likeness (QED) is 0.525. The third kappa shape index (κ3) is 8.35. The third-order valence-corrected chi connectivity index (χ3v) is 3.06. The first-order chi connectivity index (χ1) is 9.00. The summed E-state index contributed by atoms with van der Waals surface area (Å²) in [6.07, 6.45) is 2.52. The SMILES string of the molecule is CC(C)[C@H](N)C(=O)NCC(=O)NCCOCC1CC1.Cl. The summed E-state index contributed by atoms with van der Waals surface area (Å²) >= 11 is 0. The highest BCUT2D eigenvalue weighted by molar-refractivity contribution is 5.87. The highest BCUT2D eigenvalue weighted by Gasteiger charge is 2.21. The molecule has 0 aliphatic heterocycles. The van der Waals surface area contributed by atoms with Crippen LogP contribution in [0.4, 0.5) is 0 Å². The topological polar surface area (TPSA) is 93.5 Å². The number of hydrogen-bond acceptors (Lipinski definition) is 4. The minimum Gasteiger partial charge on any atom is -0.379 e. The Morgan fingerprint density at radius 2 is 1.95 bits per heavy atom. The molecule has 0 aromatic carbocycles. The van der Waals surface area contributed by atoms with Gasteiger partial charge in [-0.1, -0.05) is 13.8 Å². The fourth-order valence-corrected chi connectivity index (χ4v) is 1.45. The second kappa shape index (κ2) is 9.96. The van der Waals surface area contributed by atoms with Crippen molar-refractivity contribution in [2.45, 2.75) is 32.7 Å². The lowest BCUT2D eigenvalue weighted by molar-refractivity contribution is -0.127. The predicted molar refractivity (Wildman–Crippen MR) is 79.6 cm³/mol. The second-order valence-electron chi connectivity index (χ2n) is 5.36. The first kappa shape index (κ1) is 19.1. The van der Waals surface area contributed by atoms with Crippen molar-refractivity contribution in [2.75, 3.05) is 26.3 Å². The molecule has 7 heteroatoms. The Kier molecular flexibility index (Phi) is 9.54. The highest BCUT2D eigenvalue weighted by Crippen LogP contribution is 2.28. The highest BCUT2D eigenvalue weighted by atomic mass is 35.5. The number of carbonyl (C=O) groups is 2. The summed E-state index contributed by atoms with van der Waals surface area (Å²) in [5.41, 5.74) is 5.66. The molecule has 0 bridgehead atoms. The zero-order valence-electron chi connectivity index (χ0n) is 12.2. The van der Waals surface area contributed by atoms with Crippen LogP contribution in [0.25, 0.3) is 0 Å². The molecule has 6 nitrogen and oxygen atoms in total. The molecular formula is C13H26ClN3O3. The first-order valence-corrected chi connectivity index (χ1v) is 6.88. The van der Waals surface area contributed by atoms with Crippen molar-refractivity contribution in [1.82, 2.24) is 10.6 Å². The minimum atomic E-state index is -0.574. The monoisotopic (exact) mass is 307 g/mol. The summed E-state index contributed by atoms with van der Waals surface area (Å²) in [4.78, 5) is 22.9. The van der Waals surface area contributed by atoms with Gasteiger partial charge in [-0.25, -0.2) is 0 Å². The van der Waals surface area contributed by atoms with Gasteiger partial charge < -0.3 is 21.1 Å². The molecule has 0 radical (unpaired) electrons. The predicted octanol–water partition coefficient (Wildman–Crippen LogP) is 0.0505. The van der Waals surface area contributed by atoms with Gasteiger partial charge in [-0.2, -0.15) is 0 Å². The van der Waals surface area contributed by atoms with Gasteiger partial charge in [0, 0.05) is 13.2 Å². The van der Waals surface area contributed by atoms with Crippen LogP contribution in [-0.4, -0.2) is 44.2 Å². The van der Waals surface area contributed by atoms with Crippen LogP contribution in [0.1, 0.15) is 26.7 Å². The zero-order valence-corrected chi connectivity index (χ0v) is 13.0. The summed E-state index contributed by atoms with van der Waals surface area (Å²) < 4.78 is 5.38. The van der Waals surface area contributed by atoms with Crippen LogP contribution >= 0.6 is 12.4 Å². The Morgan fingerprint density at radius 3 is 2.50 bits per heavy atom. The Bertz CT molecular complexity index is 309. The third-order valence-electron chi connectivity index (χ3n) is 3.06. The molecule has 2 amide bonds. The number of nitrogens with one attached hydrogen (secondary N) is 2. The number of carbonyl (C=O) groups excluding carboxylic acids is 2. The van der Waals surface area contributed by atoms with Crippen LogP contribution in [0.5, 0.6) is 0 Å². The number of hydrogen-bond donors (Lipinski definition) is 3. The van der Waals surface area contributed by atoms with Gasteiger partial charge in [0.05, 0.1) is 19.2 Å². The molecule has 1 aliphatic rings. The summed E-state index contributed by atoms with van der Waals surface area (Å²) in [6.45, 7) is 5.46. The largest absolute Gasteiger partial charge is 0.379 e. The normalized spacial score (nSPS) is 15.4. The van der Waals surface area contributed by atoms with E-state index in [1.165, 1.54) is 12.8 Å². The Balaban J connectivity index is 0.00000361. The summed E-state index contributed by atoms with van der Waals surface area (Å²) in [7, 11) is 0. The van der Waals surface area contributed by atoms with Crippen LogP contribution in [0.15, 0.2) is 0 Å². The van der Waals surface area contributed by atoms with Crippen molar-refractivity contribution in [1.29, 1.82) is 0 Å². The van der Waals surface area contributed by atoms with Gasteiger partial charge >= 0.3 is 0 Å². The van der Waals surface area contributed by atoms with Crippen molar-refractivity contribution in [2.24, 2.45) is 17.6 Å². The number of ether oxygens (including phenoxy) is 1. The number of halogens is 1. The molecule has 0 aromatic heterocycles. The van der Waals surface area contributed by atoms with E-state index < -0.39 is 6.04 Å². The van der Waals surface area contributed by atoms with Gasteiger partial charge in [-0.15, -0.1) is 12.4 Å². The Hall–Kier alpha value is -0.850. The molecule has 0 spiro atoms. The fraction of sp³-hybridized carbons (Fsp3) is 0.846. The van der Waals surface area contributed by atoms with E-state index in [2.05, 4.69) is 10.6 Å². The van der Waals surface area contributed by atoms with E-state index in [0.717, 1.165) is 12.5 Å². The molecule has 0 aromatic rings. The Morgan fingerprint density at radius 1 is 1.30 bits per heavy atom. The lowest BCUT2D eigenvalue weighted by atomic mass is 10.1. The van der Waals surface area contributed by atoms with E-state index in [1.807, 2.05) is 13.8 Å². The molecule has 0 heterocycles. The van der Waals surface area contributed by atoms with Gasteiger partial charge in [0.25, 0.3) is 0 Å². The standard InChI is InChI=1S/C13H25N3O3.ClH/c1-9(2)12(14)13(18)16-7-11(17)15-5-6-19-8-10-3-4-10;/h9-10,12H,3-8,14H2,1-2H3,(H,15,17)(H,16,18);1H/t12-;/m0./s1. The number of rotatable bonds is 9. The average molecular weight is 308 g/mol. The van der Waals surface area contributed by atoms with Crippen LogP contribution in [-0.2, 0) is 14.3 Å². The lowest BCUT2D eigenvalue weighted by Crippen LogP contribution is -2.47. The van der Waals surface area contributed by atoms with E-state index >= 15 is 0 Å². The molecule has 1 aliphatic carbocycles.